The van der Waals surface area contributed by atoms with Gasteiger partial charge in [-0.05, 0) is 36.4 Å². The molecule has 11 nitrogen and oxygen atoms in total. The van der Waals surface area contributed by atoms with E-state index in [1.54, 1.807) is 12.1 Å². The minimum absolute atomic E-state index is 0. The van der Waals surface area contributed by atoms with E-state index in [1.807, 2.05) is 0 Å². The highest BCUT2D eigenvalue weighted by Gasteiger charge is 2.39. The van der Waals surface area contributed by atoms with E-state index < -0.39 is 37.2 Å². The van der Waals surface area contributed by atoms with E-state index in [0.717, 1.165) is 4.68 Å². The molecule has 204 valence electrons. The van der Waals surface area contributed by atoms with Crippen LogP contribution in [0.15, 0.2) is 47.4 Å². The van der Waals surface area contributed by atoms with Crippen molar-refractivity contribution < 1.29 is 23.4 Å². The Balaban J connectivity index is 0.00000400. The first kappa shape index (κ1) is 29.5. The van der Waals surface area contributed by atoms with Crippen molar-refractivity contribution in [3.63, 3.8) is 0 Å². The number of nitrogens with zero attached hydrogens (tertiary/aromatic N) is 7. The van der Waals surface area contributed by atoms with Crippen LogP contribution in [0.25, 0.3) is 17.2 Å². The second-order valence-electron chi connectivity index (χ2n) is 7.83. The molecule has 17 heteroatoms. The zero-order valence-corrected chi connectivity index (χ0v) is 21.5. The summed E-state index contributed by atoms with van der Waals surface area (Å²) in [4.78, 5) is 21.5. The van der Waals surface area contributed by atoms with Crippen LogP contribution >= 0.6 is 35.6 Å². The Hall–Kier alpha value is -3.01. The third-order valence-electron chi connectivity index (χ3n) is 5.19. The maximum Gasteiger partial charge on any atom is 0.416 e. The molecule has 4 aromatic rings. The van der Waals surface area contributed by atoms with Crippen molar-refractivity contribution in [1.29, 1.82) is 0 Å². The summed E-state index contributed by atoms with van der Waals surface area (Å²) >= 11 is 12.1. The first-order valence-electron chi connectivity index (χ1n) is 10.6. The van der Waals surface area contributed by atoms with E-state index in [2.05, 4.69) is 20.2 Å². The molecule has 0 radical (unpaired) electrons. The number of aliphatic hydroxyl groups excluding tert-OH is 2. The number of pyridine rings is 1. The van der Waals surface area contributed by atoms with Gasteiger partial charge in [0.05, 0.1) is 24.2 Å². The number of alkyl halides is 3. The topological polar surface area (TPSA) is 150 Å². The van der Waals surface area contributed by atoms with Gasteiger partial charge in [-0.25, -0.2) is 19.4 Å². The smallest absolute Gasteiger partial charge is 0.394 e. The van der Waals surface area contributed by atoms with Crippen LogP contribution in [0.5, 0.6) is 0 Å². The molecule has 0 spiro atoms. The van der Waals surface area contributed by atoms with Gasteiger partial charge in [-0.3, -0.25) is 4.57 Å². The Morgan fingerprint density at radius 2 is 1.79 bits per heavy atom. The molecule has 0 amide bonds. The zero-order valence-electron chi connectivity index (χ0n) is 19.1. The third-order valence-corrected chi connectivity index (χ3v) is 5.74. The summed E-state index contributed by atoms with van der Waals surface area (Å²) in [5, 5.41) is 28.2. The monoisotopic (exact) mass is 594 g/mol. The van der Waals surface area contributed by atoms with E-state index in [4.69, 9.17) is 28.9 Å². The zero-order chi connectivity index (χ0) is 26.9. The molecule has 38 heavy (non-hydrogen) atoms. The van der Waals surface area contributed by atoms with E-state index in [9.17, 15) is 28.2 Å². The van der Waals surface area contributed by atoms with Gasteiger partial charge in [-0.1, -0.05) is 23.2 Å². The molecule has 4 N–H and O–H groups in total. The lowest BCUT2D eigenvalue weighted by Gasteiger charge is -2.15. The van der Waals surface area contributed by atoms with Crippen molar-refractivity contribution in [2.75, 3.05) is 6.61 Å². The Morgan fingerprint density at radius 3 is 2.39 bits per heavy atom. The molecule has 0 aliphatic rings. The highest BCUT2D eigenvalue weighted by Crippen LogP contribution is 2.24. The molecule has 0 saturated carbocycles. The van der Waals surface area contributed by atoms with Crippen LogP contribution in [-0.2, 0) is 13.1 Å². The minimum Gasteiger partial charge on any atom is -0.394 e. The van der Waals surface area contributed by atoms with Crippen LogP contribution in [-0.4, -0.2) is 63.2 Å². The quantitative estimate of drug-likeness (QED) is 0.281. The van der Waals surface area contributed by atoms with Gasteiger partial charge in [-0.15, -0.1) is 22.6 Å². The van der Waals surface area contributed by atoms with Gasteiger partial charge in [0.1, 0.15) is 6.54 Å². The molecule has 0 bridgehead atoms. The van der Waals surface area contributed by atoms with Crippen molar-refractivity contribution in [3.8, 4) is 17.2 Å². The summed E-state index contributed by atoms with van der Waals surface area (Å²) in [7, 11) is 0. The predicted octanol–water partition coefficient (Wildman–Crippen LogP) is 2.38. The maximum absolute atomic E-state index is 13.1. The van der Waals surface area contributed by atoms with Crippen LogP contribution in [0.3, 0.4) is 0 Å². The summed E-state index contributed by atoms with van der Waals surface area (Å²) in [5.74, 6) is 0.0988. The third kappa shape index (κ3) is 6.17. The van der Waals surface area contributed by atoms with E-state index in [1.165, 1.54) is 35.1 Å². The van der Waals surface area contributed by atoms with Gasteiger partial charge in [0.15, 0.2) is 29.4 Å². The minimum atomic E-state index is -4.96. The number of aliphatic hydroxyl groups is 2. The molecule has 0 fully saturated rings. The first-order valence-corrected chi connectivity index (χ1v) is 11.4. The first-order chi connectivity index (χ1) is 17.5. The van der Waals surface area contributed by atoms with Crippen LogP contribution in [0.1, 0.15) is 17.7 Å². The summed E-state index contributed by atoms with van der Waals surface area (Å²) in [6.07, 6.45) is -6.32. The predicted molar refractivity (Wildman–Crippen MR) is 134 cm³/mol. The van der Waals surface area contributed by atoms with Crippen LogP contribution < -0.4 is 11.4 Å². The van der Waals surface area contributed by atoms with E-state index in [-0.39, 0.29) is 52.8 Å². The van der Waals surface area contributed by atoms with Gasteiger partial charge < -0.3 is 15.9 Å². The average Bonchev–Trinajstić information content (AvgIpc) is 3.40. The molecule has 1 aromatic carbocycles. The summed E-state index contributed by atoms with van der Waals surface area (Å²) in [6, 6.07) is 8.06. The number of aromatic nitrogens is 7. The molecule has 0 unspecified atom stereocenters. The van der Waals surface area contributed by atoms with Crippen molar-refractivity contribution in [2.45, 2.75) is 31.4 Å². The molecule has 0 aliphatic carbocycles. The fraction of sp³-hybridized carbons (Fsp3) is 0.286. The standard InChI is InChI=1S/C21H19Cl2F3N8O3.ClH/c22-12-5-3-11(4-6-12)17-31-33(20(37)32(17)8-15(36)21(24,25)26)9-16-29-19(14(27)10-35)34(30-16)18-13(23)2-1-7-28-18;/h1-7,14-15,35-36H,8-10,27H2;1H/t14-,15+;/m1./s1. The normalized spacial score (nSPS) is 13.3. The fourth-order valence-corrected chi connectivity index (χ4v) is 3.71. The SMILES string of the molecule is Cl.N[C@H](CO)c1nc(Cn2nc(-c3ccc(Cl)cc3)n(C[C@H](O)C(F)(F)F)c2=O)nn1-c1ncccc1Cl. The molecule has 4 rings (SSSR count). The van der Waals surface area contributed by atoms with Crippen LogP contribution in [0, 0.1) is 0 Å². The van der Waals surface area contributed by atoms with Crippen LogP contribution in [0.2, 0.25) is 10.0 Å². The molecule has 3 aromatic heterocycles. The molecular weight excluding hydrogens is 576 g/mol. The van der Waals surface area contributed by atoms with Gasteiger partial charge >= 0.3 is 11.9 Å². The maximum atomic E-state index is 13.1. The Labute approximate surface area is 228 Å². The van der Waals surface area contributed by atoms with Gasteiger partial charge in [0, 0.05) is 16.8 Å². The number of rotatable bonds is 8. The van der Waals surface area contributed by atoms with Crippen molar-refractivity contribution in [3.05, 3.63) is 74.8 Å². The Bertz CT molecular complexity index is 1460. The van der Waals surface area contributed by atoms with Gasteiger partial charge in [-0.2, -0.15) is 17.9 Å². The number of benzene rings is 1. The summed E-state index contributed by atoms with van der Waals surface area (Å²) in [5.41, 5.74) is 5.29. The molecular formula is C21H20Cl3F3N8O3. The Kier molecular flexibility index (Phi) is 9.17. The van der Waals surface area contributed by atoms with E-state index in [0.29, 0.717) is 9.59 Å². The lowest BCUT2D eigenvalue weighted by atomic mass is 10.2. The second kappa shape index (κ2) is 11.8. The second-order valence-corrected chi connectivity index (χ2v) is 8.68. The van der Waals surface area contributed by atoms with Crippen molar-refractivity contribution in [1.82, 2.24) is 34.1 Å². The number of halogens is 6. The number of hydrogen-bond donors (Lipinski definition) is 3. The molecule has 2 atom stereocenters. The van der Waals surface area contributed by atoms with Gasteiger partial charge in [0.2, 0.25) is 0 Å². The van der Waals surface area contributed by atoms with E-state index >= 15 is 0 Å². The van der Waals surface area contributed by atoms with Crippen molar-refractivity contribution in [2.24, 2.45) is 5.73 Å². The largest absolute Gasteiger partial charge is 0.416 e. The lowest BCUT2D eigenvalue weighted by Crippen LogP contribution is -2.37. The lowest BCUT2D eigenvalue weighted by molar-refractivity contribution is -0.207. The summed E-state index contributed by atoms with van der Waals surface area (Å²) < 4.78 is 42.0. The summed E-state index contributed by atoms with van der Waals surface area (Å²) in [6.45, 7) is -1.96. The van der Waals surface area contributed by atoms with Crippen LogP contribution in [0.4, 0.5) is 13.2 Å². The molecule has 0 aliphatic heterocycles. The van der Waals surface area contributed by atoms with Gasteiger partial charge in [0.25, 0.3) is 0 Å². The molecule has 3 heterocycles. The Morgan fingerprint density at radius 1 is 1.11 bits per heavy atom. The molecule has 0 saturated heterocycles. The number of hydrogen-bond acceptors (Lipinski definition) is 8. The number of nitrogens with two attached hydrogens (primary N) is 1. The van der Waals surface area contributed by atoms with Crippen molar-refractivity contribution >= 4 is 35.6 Å². The highest BCUT2D eigenvalue weighted by molar-refractivity contribution is 6.32. The highest BCUT2D eigenvalue weighted by atomic mass is 35.5. The fourth-order valence-electron chi connectivity index (χ4n) is 3.38. The average molecular weight is 596 g/mol.